The van der Waals surface area contributed by atoms with Crippen LogP contribution in [0.1, 0.15) is 26.3 Å². The molecule has 1 aromatic rings. The number of nitrogens with zero attached hydrogens (tertiary/aromatic N) is 1. The maximum absolute atomic E-state index is 6.04. The Morgan fingerprint density at radius 1 is 1.21 bits per heavy atom. The van der Waals surface area contributed by atoms with Gasteiger partial charge in [0.25, 0.3) is 0 Å². The predicted molar refractivity (Wildman–Crippen MR) is 84.7 cm³/mol. The standard InChI is InChI=1S/C14H24BrNO2Si/c1-14(2,3)19(4,5)18-9-8-17-11-12-6-7-13(15)16-10-12/h6-7,10H,8-9,11H2,1-5H3. The van der Waals surface area contributed by atoms with Crippen molar-refractivity contribution in [1.82, 2.24) is 4.98 Å². The lowest BCUT2D eigenvalue weighted by Gasteiger charge is -2.36. The average molecular weight is 346 g/mol. The Bertz CT molecular complexity index is 387. The van der Waals surface area contributed by atoms with E-state index in [2.05, 4.69) is 54.8 Å². The maximum Gasteiger partial charge on any atom is 0.192 e. The van der Waals surface area contributed by atoms with Gasteiger partial charge in [-0.05, 0) is 45.7 Å². The average Bonchev–Trinajstić information content (AvgIpc) is 2.29. The molecule has 3 nitrogen and oxygen atoms in total. The van der Waals surface area contributed by atoms with Gasteiger partial charge in [0.1, 0.15) is 4.60 Å². The Kier molecular flexibility index (Phi) is 6.17. The molecule has 0 bridgehead atoms. The van der Waals surface area contributed by atoms with E-state index in [0.717, 1.165) is 10.2 Å². The predicted octanol–water partition coefficient (Wildman–Crippen LogP) is 4.38. The summed E-state index contributed by atoms with van der Waals surface area (Å²) in [4.78, 5) is 4.16. The van der Waals surface area contributed by atoms with Crippen LogP contribution in [0.5, 0.6) is 0 Å². The quantitative estimate of drug-likeness (QED) is 0.435. The highest BCUT2D eigenvalue weighted by atomic mass is 79.9. The van der Waals surface area contributed by atoms with Gasteiger partial charge in [0.2, 0.25) is 0 Å². The molecular formula is C14H24BrNO2Si. The number of hydrogen-bond acceptors (Lipinski definition) is 3. The summed E-state index contributed by atoms with van der Waals surface area (Å²) >= 11 is 3.31. The molecule has 0 unspecified atom stereocenters. The molecule has 0 aromatic carbocycles. The van der Waals surface area contributed by atoms with E-state index in [0.29, 0.717) is 19.8 Å². The second-order valence-electron chi connectivity index (χ2n) is 6.15. The van der Waals surface area contributed by atoms with Crippen LogP contribution in [0.25, 0.3) is 0 Å². The van der Waals surface area contributed by atoms with Crippen LogP contribution in [0, 0.1) is 0 Å². The lowest BCUT2D eigenvalue weighted by Crippen LogP contribution is -2.41. The smallest absolute Gasteiger partial charge is 0.192 e. The maximum atomic E-state index is 6.04. The number of ether oxygens (including phenoxy) is 1. The molecule has 0 aliphatic rings. The Hall–Kier alpha value is -0.233. The van der Waals surface area contributed by atoms with E-state index < -0.39 is 8.32 Å². The summed E-state index contributed by atoms with van der Waals surface area (Å²) in [5.41, 5.74) is 1.08. The normalized spacial score (nSPS) is 12.7. The molecule has 0 fully saturated rings. The van der Waals surface area contributed by atoms with E-state index in [1.54, 1.807) is 0 Å². The molecule has 1 heterocycles. The van der Waals surface area contributed by atoms with Crippen molar-refractivity contribution in [3.8, 4) is 0 Å². The first-order chi connectivity index (χ1) is 8.72. The second-order valence-corrected chi connectivity index (χ2v) is 11.8. The lowest BCUT2D eigenvalue weighted by molar-refractivity contribution is 0.0844. The van der Waals surface area contributed by atoms with Gasteiger partial charge >= 0.3 is 0 Å². The molecule has 0 radical (unpaired) electrons. The fourth-order valence-electron chi connectivity index (χ4n) is 1.25. The fraction of sp³-hybridized carbons (Fsp3) is 0.643. The van der Waals surface area contributed by atoms with Gasteiger partial charge in [-0.15, -0.1) is 0 Å². The fourth-order valence-corrected chi connectivity index (χ4v) is 2.52. The van der Waals surface area contributed by atoms with E-state index in [1.807, 2.05) is 18.3 Å². The van der Waals surface area contributed by atoms with Gasteiger partial charge in [-0.1, -0.05) is 26.8 Å². The van der Waals surface area contributed by atoms with Crippen LogP contribution >= 0.6 is 15.9 Å². The molecule has 0 saturated heterocycles. The molecule has 1 rings (SSSR count). The third-order valence-corrected chi connectivity index (χ3v) is 8.56. The van der Waals surface area contributed by atoms with Crippen LogP contribution in [-0.4, -0.2) is 26.5 Å². The highest BCUT2D eigenvalue weighted by Crippen LogP contribution is 2.36. The van der Waals surface area contributed by atoms with Gasteiger partial charge in [-0.25, -0.2) is 4.98 Å². The van der Waals surface area contributed by atoms with Gasteiger partial charge in [0, 0.05) is 6.20 Å². The van der Waals surface area contributed by atoms with Crippen molar-refractivity contribution >= 4 is 24.2 Å². The van der Waals surface area contributed by atoms with Crippen LogP contribution in [0.4, 0.5) is 0 Å². The Morgan fingerprint density at radius 2 is 1.89 bits per heavy atom. The molecule has 0 atom stereocenters. The van der Waals surface area contributed by atoms with Crippen molar-refractivity contribution in [2.24, 2.45) is 0 Å². The van der Waals surface area contributed by atoms with E-state index in [9.17, 15) is 0 Å². The number of pyridine rings is 1. The minimum absolute atomic E-state index is 0.253. The SMILES string of the molecule is CC(C)(C)[Si](C)(C)OCCOCc1ccc(Br)nc1. The topological polar surface area (TPSA) is 31.4 Å². The van der Waals surface area contributed by atoms with Gasteiger partial charge in [0.05, 0.1) is 19.8 Å². The Morgan fingerprint density at radius 3 is 2.42 bits per heavy atom. The lowest BCUT2D eigenvalue weighted by atomic mass is 10.2. The van der Waals surface area contributed by atoms with Crippen LogP contribution in [0.15, 0.2) is 22.9 Å². The van der Waals surface area contributed by atoms with Crippen LogP contribution in [-0.2, 0) is 15.8 Å². The first-order valence-corrected chi connectivity index (χ1v) is 10.2. The van der Waals surface area contributed by atoms with E-state index in [4.69, 9.17) is 9.16 Å². The van der Waals surface area contributed by atoms with Crippen molar-refractivity contribution < 1.29 is 9.16 Å². The van der Waals surface area contributed by atoms with E-state index >= 15 is 0 Å². The van der Waals surface area contributed by atoms with Crippen molar-refractivity contribution in [1.29, 1.82) is 0 Å². The minimum atomic E-state index is -1.64. The van der Waals surface area contributed by atoms with Gasteiger partial charge in [0.15, 0.2) is 8.32 Å². The van der Waals surface area contributed by atoms with Crippen LogP contribution in [0.2, 0.25) is 18.1 Å². The Balaban J connectivity index is 2.23. The van der Waals surface area contributed by atoms with E-state index in [-0.39, 0.29) is 5.04 Å². The summed E-state index contributed by atoms with van der Waals surface area (Å²) in [6.07, 6.45) is 1.82. The summed E-state index contributed by atoms with van der Waals surface area (Å²) in [5, 5.41) is 0.253. The summed E-state index contributed by atoms with van der Waals surface area (Å²) in [6.45, 7) is 13.1. The zero-order valence-corrected chi connectivity index (χ0v) is 15.1. The van der Waals surface area contributed by atoms with Crippen molar-refractivity contribution in [3.63, 3.8) is 0 Å². The molecule has 0 aliphatic carbocycles. The summed E-state index contributed by atoms with van der Waals surface area (Å²) in [6, 6.07) is 3.93. The number of aromatic nitrogens is 1. The van der Waals surface area contributed by atoms with Gasteiger partial charge in [-0.3, -0.25) is 0 Å². The third-order valence-electron chi connectivity index (χ3n) is 3.55. The Labute approximate surface area is 126 Å². The first kappa shape index (κ1) is 16.8. The summed E-state index contributed by atoms with van der Waals surface area (Å²) in [5.74, 6) is 0. The third kappa shape index (κ3) is 5.73. The number of hydrogen-bond donors (Lipinski definition) is 0. The van der Waals surface area contributed by atoms with Crippen LogP contribution < -0.4 is 0 Å². The summed E-state index contributed by atoms with van der Waals surface area (Å²) < 4.78 is 12.5. The second kappa shape index (κ2) is 6.97. The first-order valence-electron chi connectivity index (χ1n) is 6.54. The van der Waals surface area contributed by atoms with Gasteiger partial charge in [-0.2, -0.15) is 0 Å². The zero-order chi connectivity index (χ0) is 14.5. The summed E-state index contributed by atoms with van der Waals surface area (Å²) in [7, 11) is -1.64. The number of rotatable bonds is 6. The molecule has 0 amide bonds. The monoisotopic (exact) mass is 345 g/mol. The molecule has 108 valence electrons. The van der Waals surface area contributed by atoms with E-state index in [1.165, 1.54) is 0 Å². The molecule has 0 saturated carbocycles. The largest absolute Gasteiger partial charge is 0.414 e. The van der Waals surface area contributed by atoms with Gasteiger partial charge < -0.3 is 9.16 Å². The molecule has 1 aromatic heterocycles. The molecule has 0 N–H and O–H groups in total. The van der Waals surface area contributed by atoms with Crippen molar-refractivity contribution in [2.75, 3.05) is 13.2 Å². The van der Waals surface area contributed by atoms with Crippen molar-refractivity contribution in [2.45, 2.75) is 45.5 Å². The molecule has 0 spiro atoms. The number of halogens is 1. The molecule has 19 heavy (non-hydrogen) atoms. The molecular weight excluding hydrogens is 322 g/mol. The zero-order valence-electron chi connectivity index (χ0n) is 12.5. The highest BCUT2D eigenvalue weighted by Gasteiger charge is 2.36. The molecule has 5 heteroatoms. The minimum Gasteiger partial charge on any atom is -0.414 e. The van der Waals surface area contributed by atoms with Crippen LogP contribution in [0.3, 0.4) is 0 Å². The molecule has 0 aliphatic heterocycles. The van der Waals surface area contributed by atoms with Crippen molar-refractivity contribution in [3.05, 3.63) is 28.5 Å². The highest BCUT2D eigenvalue weighted by molar-refractivity contribution is 9.10.